The summed E-state index contributed by atoms with van der Waals surface area (Å²) < 4.78 is 1.86. The molecule has 0 aliphatic heterocycles. The summed E-state index contributed by atoms with van der Waals surface area (Å²) in [5.41, 5.74) is 3.68. The van der Waals surface area contributed by atoms with Crippen molar-refractivity contribution in [2.45, 2.75) is 19.6 Å². The van der Waals surface area contributed by atoms with Crippen LogP contribution in [-0.2, 0) is 19.6 Å². The highest BCUT2D eigenvalue weighted by atomic mass is 32.1. The highest BCUT2D eigenvalue weighted by Gasteiger charge is 2.08. The van der Waals surface area contributed by atoms with Crippen molar-refractivity contribution < 1.29 is 9.59 Å². The first-order valence-electron chi connectivity index (χ1n) is 9.91. The molecule has 0 bridgehead atoms. The second-order valence-corrected chi connectivity index (χ2v) is 8.01. The molecule has 0 saturated carbocycles. The zero-order chi connectivity index (χ0) is 21.5. The van der Waals surface area contributed by atoms with Crippen molar-refractivity contribution in [3.8, 4) is 0 Å². The number of nitrogens with one attached hydrogen (secondary N) is 2. The van der Waals surface area contributed by atoms with Crippen molar-refractivity contribution in [3.05, 3.63) is 112 Å². The van der Waals surface area contributed by atoms with Gasteiger partial charge < -0.3 is 10.6 Å². The van der Waals surface area contributed by atoms with Gasteiger partial charge in [0.05, 0.1) is 11.4 Å². The Bertz CT molecular complexity index is 1140. The van der Waals surface area contributed by atoms with Gasteiger partial charge in [-0.1, -0.05) is 42.5 Å². The molecule has 2 heterocycles. The molecule has 0 unspecified atom stereocenters. The van der Waals surface area contributed by atoms with Gasteiger partial charge in [0.15, 0.2) is 0 Å². The van der Waals surface area contributed by atoms with E-state index < -0.39 is 0 Å². The first kappa shape index (κ1) is 20.6. The summed E-state index contributed by atoms with van der Waals surface area (Å²) in [7, 11) is 0. The molecule has 31 heavy (non-hydrogen) atoms. The molecule has 2 amide bonds. The first-order valence-corrected chi connectivity index (χ1v) is 10.8. The Morgan fingerprint density at radius 2 is 1.61 bits per heavy atom. The maximum absolute atomic E-state index is 12.5. The molecule has 0 saturated heterocycles. The second kappa shape index (κ2) is 9.86. The molecule has 0 spiro atoms. The highest BCUT2D eigenvalue weighted by Crippen LogP contribution is 2.10. The third kappa shape index (κ3) is 5.67. The zero-order valence-electron chi connectivity index (χ0n) is 16.8. The molecular weight excluding hydrogens is 408 g/mol. The first-order chi connectivity index (χ1) is 15.2. The number of hydrogen-bond acceptors (Lipinski definition) is 4. The number of hydrogen-bond donors (Lipinski definition) is 2. The molecule has 0 aliphatic carbocycles. The lowest BCUT2D eigenvalue weighted by Crippen LogP contribution is -2.23. The van der Waals surface area contributed by atoms with Crippen molar-refractivity contribution in [2.75, 3.05) is 0 Å². The molecule has 156 valence electrons. The van der Waals surface area contributed by atoms with Gasteiger partial charge in [-0.3, -0.25) is 14.3 Å². The van der Waals surface area contributed by atoms with Crippen molar-refractivity contribution in [1.82, 2.24) is 20.4 Å². The van der Waals surface area contributed by atoms with Crippen molar-refractivity contribution >= 4 is 23.2 Å². The van der Waals surface area contributed by atoms with Crippen LogP contribution >= 0.6 is 11.3 Å². The van der Waals surface area contributed by atoms with Gasteiger partial charge in [0.1, 0.15) is 0 Å². The highest BCUT2D eigenvalue weighted by molar-refractivity contribution is 7.12. The third-order valence-corrected chi connectivity index (χ3v) is 5.63. The van der Waals surface area contributed by atoms with E-state index in [-0.39, 0.29) is 11.8 Å². The van der Waals surface area contributed by atoms with Gasteiger partial charge in [0, 0.05) is 31.0 Å². The molecule has 2 N–H and O–H groups in total. The average Bonchev–Trinajstić information content (AvgIpc) is 3.51. The predicted octanol–water partition coefficient (Wildman–Crippen LogP) is 3.85. The van der Waals surface area contributed by atoms with Gasteiger partial charge >= 0.3 is 0 Å². The summed E-state index contributed by atoms with van der Waals surface area (Å²) in [5, 5.41) is 11.9. The molecule has 7 heteroatoms. The average molecular weight is 431 g/mol. The molecule has 6 nitrogen and oxygen atoms in total. The summed E-state index contributed by atoms with van der Waals surface area (Å²) in [6, 6.07) is 20.9. The molecule has 0 fully saturated rings. The topological polar surface area (TPSA) is 76.0 Å². The predicted molar refractivity (Wildman–Crippen MR) is 121 cm³/mol. The van der Waals surface area contributed by atoms with Crippen LogP contribution in [0.5, 0.6) is 0 Å². The lowest BCUT2D eigenvalue weighted by atomic mass is 10.1. The smallest absolute Gasteiger partial charge is 0.261 e. The Labute approximate surface area is 184 Å². The Morgan fingerprint density at radius 3 is 2.35 bits per heavy atom. The van der Waals surface area contributed by atoms with E-state index in [4.69, 9.17) is 0 Å². The van der Waals surface area contributed by atoms with Gasteiger partial charge in [-0.05, 0) is 46.3 Å². The number of amides is 2. The molecule has 4 aromatic rings. The van der Waals surface area contributed by atoms with Gasteiger partial charge in [-0.25, -0.2) is 0 Å². The summed E-state index contributed by atoms with van der Waals surface area (Å²) in [6.45, 7) is 1.56. The molecule has 4 rings (SSSR count). The Balaban J connectivity index is 1.28. The fourth-order valence-corrected chi connectivity index (χ4v) is 3.79. The minimum atomic E-state index is -0.133. The lowest BCUT2D eigenvalue weighted by molar-refractivity contribution is 0.0943. The van der Waals surface area contributed by atoms with E-state index in [9.17, 15) is 9.59 Å². The number of benzene rings is 2. The Morgan fingerprint density at radius 1 is 0.839 bits per heavy atom. The number of thiophene rings is 1. The number of aromatic nitrogens is 2. The second-order valence-electron chi connectivity index (χ2n) is 7.06. The van der Waals surface area contributed by atoms with Crippen molar-refractivity contribution in [2.24, 2.45) is 0 Å². The number of carbonyl (C=O) groups excluding carboxylic acids is 2. The molecule has 2 aromatic carbocycles. The lowest BCUT2D eigenvalue weighted by Gasteiger charge is -2.09. The monoisotopic (exact) mass is 430 g/mol. The van der Waals surface area contributed by atoms with Crippen LogP contribution in [0.15, 0.2) is 84.5 Å². The summed E-state index contributed by atoms with van der Waals surface area (Å²) in [5.74, 6) is -0.224. The van der Waals surface area contributed by atoms with Crippen molar-refractivity contribution in [3.63, 3.8) is 0 Å². The van der Waals surface area contributed by atoms with E-state index in [0.717, 1.165) is 16.7 Å². The van der Waals surface area contributed by atoms with Gasteiger partial charge in [0.2, 0.25) is 0 Å². The van der Waals surface area contributed by atoms with Crippen LogP contribution in [0, 0.1) is 0 Å². The van der Waals surface area contributed by atoms with Gasteiger partial charge in [-0.15, -0.1) is 11.3 Å². The van der Waals surface area contributed by atoms with Gasteiger partial charge in [0.25, 0.3) is 11.8 Å². The van der Waals surface area contributed by atoms with Crippen molar-refractivity contribution in [1.29, 1.82) is 0 Å². The van der Waals surface area contributed by atoms with E-state index >= 15 is 0 Å². The van der Waals surface area contributed by atoms with E-state index in [1.54, 1.807) is 24.4 Å². The fourth-order valence-electron chi connectivity index (χ4n) is 3.15. The van der Waals surface area contributed by atoms with E-state index in [1.807, 2.05) is 58.7 Å². The third-order valence-electron chi connectivity index (χ3n) is 4.76. The minimum absolute atomic E-state index is 0.0911. The largest absolute Gasteiger partial charge is 0.348 e. The molecule has 0 aliphatic rings. The fraction of sp³-hybridized carbons (Fsp3) is 0.125. The maximum Gasteiger partial charge on any atom is 0.261 e. The van der Waals surface area contributed by atoms with E-state index in [2.05, 4.69) is 21.8 Å². The van der Waals surface area contributed by atoms with Gasteiger partial charge in [-0.2, -0.15) is 5.10 Å². The van der Waals surface area contributed by atoms with Crippen LogP contribution < -0.4 is 10.6 Å². The van der Waals surface area contributed by atoms with Crippen LogP contribution in [0.2, 0.25) is 0 Å². The van der Waals surface area contributed by atoms with Crippen LogP contribution in [0.4, 0.5) is 0 Å². The summed E-state index contributed by atoms with van der Waals surface area (Å²) >= 11 is 1.41. The van der Waals surface area contributed by atoms with E-state index in [1.165, 1.54) is 11.3 Å². The van der Waals surface area contributed by atoms with E-state index in [0.29, 0.717) is 30.1 Å². The maximum atomic E-state index is 12.5. The molecule has 0 radical (unpaired) electrons. The molecule has 2 aromatic heterocycles. The number of carbonyl (C=O) groups is 2. The number of nitrogens with zero attached hydrogens (tertiary/aromatic N) is 2. The van der Waals surface area contributed by atoms with Crippen LogP contribution in [0.3, 0.4) is 0 Å². The minimum Gasteiger partial charge on any atom is -0.348 e. The molecular formula is C24H22N4O2S. The Kier molecular flexibility index (Phi) is 6.54. The number of rotatable bonds is 8. The Hall–Kier alpha value is -3.71. The molecule has 0 atom stereocenters. The van der Waals surface area contributed by atoms with Crippen LogP contribution in [-0.4, -0.2) is 21.6 Å². The van der Waals surface area contributed by atoms with Crippen LogP contribution in [0.25, 0.3) is 0 Å². The quantitative estimate of drug-likeness (QED) is 0.446. The standard InChI is InChI=1S/C24H22N4O2S/c29-23(25-16-19-4-1-5-20(14-19)17-28-12-3-11-27-28)21-9-7-18(8-10-21)15-26-24(30)22-6-2-13-31-22/h1-14H,15-17H2,(H,25,29)(H,26,30). The normalized spacial score (nSPS) is 10.6. The zero-order valence-corrected chi connectivity index (χ0v) is 17.6. The van der Waals surface area contributed by atoms with Crippen LogP contribution in [0.1, 0.15) is 36.7 Å². The summed E-state index contributed by atoms with van der Waals surface area (Å²) in [4.78, 5) is 25.2. The summed E-state index contributed by atoms with van der Waals surface area (Å²) in [6.07, 6.45) is 3.68. The SMILES string of the molecule is O=C(NCc1cccc(Cn2cccn2)c1)c1ccc(CNC(=O)c2cccs2)cc1.